The first kappa shape index (κ1) is 13.7. The monoisotopic (exact) mass is 271 g/mol. The number of methoxy groups -OCH3 is 1. The first-order valence-electron chi connectivity index (χ1n) is 5.96. The summed E-state index contributed by atoms with van der Waals surface area (Å²) in [5.41, 5.74) is 1.48. The van der Waals surface area contributed by atoms with Crippen LogP contribution in [0.2, 0.25) is 0 Å². The summed E-state index contributed by atoms with van der Waals surface area (Å²) < 4.78 is 9.03. The van der Waals surface area contributed by atoms with E-state index < -0.39 is 18.5 Å². The van der Waals surface area contributed by atoms with Gasteiger partial charge in [-0.15, -0.1) is 0 Å². The van der Waals surface area contributed by atoms with E-state index in [9.17, 15) is 9.59 Å². The molecular formula is C15H13NO4. The fourth-order valence-corrected chi connectivity index (χ4v) is 1.57. The van der Waals surface area contributed by atoms with Gasteiger partial charge in [-0.25, -0.2) is 14.6 Å². The average Bonchev–Trinajstić information content (AvgIpc) is 2.50. The van der Waals surface area contributed by atoms with Crippen molar-refractivity contribution in [1.82, 2.24) is 4.98 Å². The molecule has 0 aliphatic carbocycles. The van der Waals surface area contributed by atoms with Crippen molar-refractivity contribution in [2.24, 2.45) is 0 Å². The van der Waals surface area contributed by atoms with Crippen LogP contribution in [0.5, 0.6) is 0 Å². The zero-order valence-electron chi connectivity index (χ0n) is 10.9. The molecule has 0 radical (unpaired) electrons. The fourth-order valence-electron chi connectivity index (χ4n) is 1.57. The smallest absolute Gasteiger partial charge is 0.344 e. The second-order valence-corrected chi connectivity index (χ2v) is 3.95. The van der Waals surface area contributed by atoms with Crippen LogP contribution in [-0.2, 0) is 19.1 Å². The SMILES string of the molecule is COC(=O)COC(=O)/C=C/c1ccc2ccccc2n1. The van der Waals surface area contributed by atoms with Crippen molar-refractivity contribution in [1.29, 1.82) is 0 Å². The number of rotatable bonds is 4. The Balaban J connectivity index is 2.02. The minimum absolute atomic E-state index is 0.398. The third kappa shape index (κ3) is 3.65. The second kappa shape index (κ2) is 6.47. The van der Waals surface area contributed by atoms with E-state index in [2.05, 4.69) is 14.5 Å². The quantitative estimate of drug-likeness (QED) is 0.628. The van der Waals surface area contributed by atoms with Gasteiger partial charge in [0, 0.05) is 11.5 Å². The van der Waals surface area contributed by atoms with Crippen LogP contribution in [0.3, 0.4) is 0 Å². The van der Waals surface area contributed by atoms with Crippen molar-refractivity contribution in [3.05, 3.63) is 48.2 Å². The predicted octanol–water partition coefficient (Wildman–Crippen LogP) is 1.96. The van der Waals surface area contributed by atoms with Gasteiger partial charge in [-0.05, 0) is 18.2 Å². The van der Waals surface area contributed by atoms with E-state index >= 15 is 0 Å². The Labute approximate surface area is 115 Å². The molecule has 0 amide bonds. The molecule has 0 saturated carbocycles. The van der Waals surface area contributed by atoms with E-state index in [1.165, 1.54) is 19.3 Å². The number of hydrogen-bond donors (Lipinski definition) is 0. The molecule has 0 fully saturated rings. The lowest BCUT2D eigenvalue weighted by atomic mass is 10.2. The summed E-state index contributed by atoms with van der Waals surface area (Å²) in [6.45, 7) is -0.398. The van der Waals surface area contributed by atoms with Crippen molar-refractivity contribution in [2.45, 2.75) is 0 Å². The third-order valence-electron chi connectivity index (χ3n) is 2.57. The van der Waals surface area contributed by atoms with Crippen LogP contribution >= 0.6 is 0 Å². The van der Waals surface area contributed by atoms with E-state index in [0.717, 1.165) is 10.9 Å². The molecule has 0 unspecified atom stereocenters. The van der Waals surface area contributed by atoms with Gasteiger partial charge in [0.05, 0.1) is 18.3 Å². The molecule has 2 rings (SSSR count). The van der Waals surface area contributed by atoms with Crippen LogP contribution in [0.1, 0.15) is 5.69 Å². The predicted molar refractivity (Wildman–Crippen MR) is 73.8 cm³/mol. The Morgan fingerprint density at radius 3 is 2.80 bits per heavy atom. The number of para-hydroxylation sites is 1. The van der Waals surface area contributed by atoms with Crippen LogP contribution in [-0.4, -0.2) is 30.6 Å². The van der Waals surface area contributed by atoms with E-state index in [1.807, 2.05) is 30.3 Å². The first-order valence-corrected chi connectivity index (χ1v) is 5.96. The molecule has 1 heterocycles. The average molecular weight is 271 g/mol. The van der Waals surface area contributed by atoms with Gasteiger partial charge < -0.3 is 9.47 Å². The molecule has 2 aromatic rings. The number of benzene rings is 1. The number of fused-ring (bicyclic) bond motifs is 1. The van der Waals surface area contributed by atoms with Crippen LogP contribution in [0.25, 0.3) is 17.0 Å². The summed E-state index contributed by atoms with van der Waals surface area (Å²) in [6, 6.07) is 11.4. The number of nitrogens with zero attached hydrogens (tertiary/aromatic N) is 1. The summed E-state index contributed by atoms with van der Waals surface area (Å²) in [7, 11) is 1.23. The fraction of sp³-hybridized carbons (Fsp3) is 0.133. The summed E-state index contributed by atoms with van der Waals surface area (Å²) in [5, 5.41) is 1.03. The van der Waals surface area contributed by atoms with Crippen molar-refractivity contribution >= 4 is 28.9 Å². The molecule has 20 heavy (non-hydrogen) atoms. The van der Waals surface area contributed by atoms with Crippen LogP contribution < -0.4 is 0 Å². The summed E-state index contributed by atoms with van der Waals surface area (Å²) in [4.78, 5) is 26.5. The molecule has 0 N–H and O–H groups in total. The zero-order chi connectivity index (χ0) is 14.4. The molecule has 5 nitrogen and oxygen atoms in total. The maximum atomic E-state index is 11.4. The normalized spacial score (nSPS) is 10.7. The molecular weight excluding hydrogens is 258 g/mol. The van der Waals surface area contributed by atoms with Gasteiger partial charge in [0.2, 0.25) is 0 Å². The lowest BCUT2D eigenvalue weighted by Gasteiger charge is -2.00. The highest BCUT2D eigenvalue weighted by atomic mass is 16.6. The highest BCUT2D eigenvalue weighted by Crippen LogP contribution is 2.12. The lowest BCUT2D eigenvalue weighted by Crippen LogP contribution is -2.13. The van der Waals surface area contributed by atoms with E-state index in [0.29, 0.717) is 5.69 Å². The van der Waals surface area contributed by atoms with Crippen molar-refractivity contribution < 1.29 is 19.1 Å². The number of pyridine rings is 1. The number of hydrogen-bond acceptors (Lipinski definition) is 5. The Morgan fingerprint density at radius 1 is 1.20 bits per heavy atom. The Morgan fingerprint density at radius 2 is 2.00 bits per heavy atom. The maximum absolute atomic E-state index is 11.4. The van der Waals surface area contributed by atoms with Gasteiger partial charge in [-0.1, -0.05) is 24.3 Å². The Bertz CT molecular complexity index is 664. The molecule has 1 aromatic carbocycles. The molecule has 0 aliphatic rings. The minimum atomic E-state index is -0.620. The Kier molecular flexibility index (Phi) is 4.44. The van der Waals surface area contributed by atoms with Crippen LogP contribution in [0, 0.1) is 0 Å². The standard InChI is InChI=1S/C15H13NO4/c1-19-15(18)10-20-14(17)9-8-12-7-6-11-4-2-3-5-13(11)16-12/h2-9H,10H2,1H3/b9-8+. The number of carbonyl (C=O) groups excluding carboxylic acids is 2. The van der Waals surface area contributed by atoms with Crippen molar-refractivity contribution in [3.63, 3.8) is 0 Å². The largest absolute Gasteiger partial charge is 0.466 e. The van der Waals surface area contributed by atoms with Gasteiger partial charge in [0.15, 0.2) is 6.61 Å². The zero-order valence-corrected chi connectivity index (χ0v) is 10.9. The van der Waals surface area contributed by atoms with Crippen LogP contribution in [0.4, 0.5) is 0 Å². The summed E-state index contributed by atoms with van der Waals surface area (Å²) >= 11 is 0. The van der Waals surface area contributed by atoms with E-state index in [1.54, 1.807) is 6.07 Å². The van der Waals surface area contributed by atoms with Crippen LogP contribution in [0.15, 0.2) is 42.5 Å². The van der Waals surface area contributed by atoms with Crippen molar-refractivity contribution in [2.75, 3.05) is 13.7 Å². The van der Waals surface area contributed by atoms with Gasteiger partial charge in [-0.3, -0.25) is 0 Å². The number of aromatic nitrogens is 1. The maximum Gasteiger partial charge on any atom is 0.344 e. The number of ether oxygens (including phenoxy) is 2. The number of esters is 2. The van der Waals surface area contributed by atoms with Gasteiger partial charge in [0.1, 0.15) is 0 Å². The van der Waals surface area contributed by atoms with Gasteiger partial charge in [-0.2, -0.15) is 0 Å². The topological polar surface area (TPSA) is 65.5 Å². The van der Waals surface area contributed by atoms with E-state index in [4.69, 9.17) is 0 Å². The molecule has 0 saturated heterocycles. The molecule has 0 atom stereocenters. The molecule has 0 spiro atoms. The molecule has 0 bridgehead atoms. The van der Waals surface area contributed by atoms with E-state index in [-0.39, 0.29) is 0 Å². The van der Waals surface area contributed by atoms with Crippen molar-refractivity contribution in [3.8, 4) is 0 Å². The Hall–Kier alpha value is -2.69. The summed E-state index contributed by atoms with van der Waals surface area (Å²) in [6.07, 6.45) is 2.76. The van der Waals surface area contributed by atoms with Gasteiger partial charge >= 0.3 is 11.9 Å². The minimum Gasteiger partial charge on any atom is -0.466 e. The third-order valence-corrected chi connectivity index (χ3v) is 2.57. The second-order valence-electron chi connectivity index (χ2n) is 3.95. The molecule has 0 aliphatic heterocycles. The van der Waals surface area contributed by atoms with Gasteiger partial charge in [0.25, 0.3) is 0 Å². The highest BCUT2D eigenvalue weighted by Gasteiger charge is 2.04. The number of carbonyl (C=O) groups is 2. The highest BCUT2D eigenvalue weighted by molar-refractivity contribution is 5.89. The molecule has 1 aromatic heterocycles. The molecule has 102 valence electrons. The molecule has 5 heteroatoms. The first-order chi connectivity index (χ1) is 9.69. The lowest BCUT2D eigenvalue weighted by molar-refractivity contribution is -0.154. The summed E-state index contributed by atoms with van der Waals surface area (Å²) in [5.74, 6) is -1.22.